The van der Waals surface area contributed by atoms with Gasteiger partial charge >= 0.3 is 0 Å². The summed E-state index contributed by atoms with van der Waals surface area (Å²) < 4.78 is 26.3. The monoisotopic (exact) mass is 292 g/mol. The molecule has 100 valence electrons. The molecule has 0 aliphatic rings. The lowest BCUT2D eigenvalue weighted by Crippen LogP contribution is -2.14. The number of rotatable bonds is 2. The molecule has 6 heteroatoms. The number of nitrogens with zero attached hydrogens (tertiary/aromatic N) is 1. The zero-order chi connectivity index (χ0) is 14.7. The van der Waals surface area contributed by atoms with Gasteiger partial charge in [-0.3, -0.25) is 4.79 Å². The van der Waals surface area contributed by atoms with Gasteiger partial charge in [0.05, 0.1) is 16.8 Å². The van der Waals surface area contributed by atoms with Gasteiger partial charge in [-0.25, -0.2) is 8.78 Å². The molecule has 1 amide bonds. The van der Waals surface area contributed by atoms with Crippen LogP contribution >= 0.6 is 11.6 Å². The number of carbonyl (C=O) groups excluding carboxylic acids is 1. The van der Waals surface area contributed by atoms with E-state index < -0.39 is 17.5 Å². The fourth-order valence-electron chi connectivity index (χ4n) is 1.58. The zero-order valence-electron chi connectivity index (χ0n) is 9.95. The first kappa shape index (κ1) is 14.0. The number of nitriles is 1. The molecule has 0 radical (unpaired) electrons. The van der Waals surface area contributed by atoms with E-state index in [9.17, 15) is 13.6 Å². The standard InChI is InChI=1S/C14H7ClF2N2O/c15-9-2-1-8(7-18)13(5-9)19-14(20)11-4-3-10(16)6-12(11)17/h1-6H,(H,19,20). The molecule has 3 nitrogen and oxygen atoms in total. The third-order valence-electron chi connectivity index (χ3n) is 2.53. The molecule has 1 N–H and O–H groups in total. The third kappa shape index (κ3) is 2.92. The second-order valence-corrected chi connectivity index (χ2v) is 4.32. The Morgan fingerprint density at radius 1 is 1.20 bits per heavy atom. The lowest BCUT2D eigenvalue weighted by Gasteiger charge is -2.08. The molecule has 2 aromatic rings. The van der Waals surface area contributed by atoms with Crippen molar-refractivity contribution in [2.75, 3.05) is 5.32 Å². The van der Waals surface area contributed by atoms with Gasteiger partial charge in [0.25, 0.3) is 5.91 Å². The molecule has 0 saturated heterocycles. The number of halogens is 3. The van der Waals surface area contributed by atoms with E-state index in [4.69, 9.17) is 16.9 Å². The molecular formula is C14H7ClF2N2O. The van der Waals surface area contributed by atoms with E-state index in [0.29, 0.717) is 11.1 Å². The van der Waals surface area contributed by atoms with Gasteiger partial charge in [0.2, 0.25) is 0 Å². The Kier molecular flexibility index (Phi) is 3.97. The van der Waals surface area contributed by atoms with E-state index in [1.807, 2.05) is 6.07 Å². The molecule has 2 rings (SSSR count). The number of benzene rings is 2. The summed E-state index contributed by atoms with van der Waals surface area (Å²) in [5, 5.41) is 11.6. The fraction of sp³-hybridized carbons (Fsp3) is 0. The second-order valence-electron chi connectivity index (χ2n) is 3.88. The number of hydrogen-bond acceptors (Lipinski definition) is 2. The van der Waals surface area contributed by atoms with E-state index in [0.717, 1.165) is 12.1 Å². The van der Waals surface area contributed by atoms with Crippen LogP contribution in [0.3, 0.4) is 0 Å². The second kappa shape index (κ2) is 5.68. The summed E-state index contributed by atoms with van der Waals surface area (Å²) in [5.41, 5.74) is 0.0225. The van der Waals surface area contributed by atoms with Crippen molar-refractivity contribution in [2.45, 2.75) is 0 Å². The average molecular weight is 293 g/mol. The van der Waals surface area contributed by atoms with Gasteiger partial charge in [-0.05, 0) is 30.3 Å². The summed E-state index contributed by atoms with van der Waals surface area (Å²) in [6, 6.07) is 8.78. The van der Waals surface area contributed by atoms with Crippen LogP contribution in [0.25, 0.3) is 0 Å². The quantitative estimate of drug-likeness (QED) is 0.916. The van der Waals surface area contributed by atoms with Gasteiger partial charge in [0, 0.05) is 11.1 Å². The first-order valence-corrected chi connectivity index (χ1v) is 5.85. The summed E-state index contributed by atoms with van der Waals surface area (Å²) in [4.78, 5) is 11.9. The van der Waals surface area contributed by atoms with Crippen molar-refractivity contribution in [1.82, 2.24) is 0 Å². The first-order chi connectivity index (χ1) is 9.51. The van der Waals surface area contributed by atoms with Gasteiger partial charge < -0.3 is 5.32 Å². The molecule has 0 aliphatic carbocycles. The Morgan fingerprint density at radius 2 is 1.95 bits per heavy atom. The largest absolute Gasteiger partial charge is 0.321 e. The Labute approximate surface area is 118 Å². The third-order valence-corrected chi connectivity index (χ3v) is 2.76. The molecule has 0 fully saturated rings. The summed E-state index contributed by atoms with van der Waals surface area (Å²) >= 11 is 5.77. The smallest absolute Gasteiger partial charge is 0.258 e. The van der Waals surface area contributed by atoms with Crippen LogP contribution in [0.15, 0.2) is 36.4 Å². The molecule has 0 heterocycles. The highest BCUT2D eigenvalue weighted by Gasteiger charge is 2.14. The summed E-state index contributed by atoms with van der Waals surface area (Å²) in [5.74, 6) is -2.55. The lowest BCUT2D eigenvalue weighted by atomic mass is 10.1. The highest BCUT2D eigenvalue weighted by atomic mass is 35.5. The van der Waals surface area contributed by atoms with E-state index in [1.54, 1.807) is 0 Å². The Hall–Kier alpha value is -2.45. The van der Waals surface area contributed by atoms with Crippen molar-refractivity contribution in [3.63, 3.8) is 0 Å². The predicted molar refractivity (Wildman–Crippen MR) is 70.5 cm³/mol. The van der Waals surface area contributed by atoms with Crippen LogP contribution in [-0.4, -0.2) is 5.91 Å². The van der Waals surface area contributed by atoms with E-state index in [2.05, 4.69) is 5.32 Å². The number of amides is 1. The molecule has 0 unspecified atom stereocenters. The summed E-state index contributed by atoms with van der Waals surface area (Å²) in [6.07, 6.45) is 0. The maximum Gasteiger partial charge on any atom is 0.258 e. The number of anilines is 1. The van der Waals surface area contributed by atoms with E-state index >= 15 is 0 Å². The fourth-order valence-corrected chi connectivity index (χ4v) is 1.75. The molecule has 0 spiro atoms. The van der Waals surface area contributed by atoms with Crippen LogP contribution in [0.5, 0.6) is 0 Å². The molecule has 0 atom stereocenters. The molecule has 0 bridgehead atoms. The van der Waals surface area contributed by atoms with Gasteiger partial charge in [-0.1, -0.05) is 11.6 Å². The minimum absolute atomic E-state index is 0.161. The van der Waals surface area contributed by atoms with Crippen LogP contribution in [0.1, 0.15) is 15.9 Å². The van der Waals surface area contributed by atoms with Crippen molar-refractivity contribution < 1.29 is 13.6 Å². The Morgan fingerprint density at radius 3 is 2.60 bits per heavy atom. The average Bonchev–Trinajstić information content (AvgIpc) is 2.38. The van der Waals surface area contributed by atoms with Crippen molar-refractivity contribution in [3.05, 3.63) is 64.2 Å². The van der Waals surface area contributed by atoms with Crippen LogP contribution in [0.4, 0.5) is 14.5 Å². The molecule has 20 heavy (non-hydrogen) atoms. The number of carbonyl (C=O) groups is 1. The van der Waals surface area contributed by atoms with Crippen LogP contribution in [-0.2, 0) is 0 Å². The lowest BCUT2D eigenvalue weighted by molar-refractivity contribution is 0.102. The highest BCUT2D eigenvalue weighted by molar-refractivity contribution is 6.31. The van der Waals surface area contributed by atoms with E-state index in [1.165, 1.54) is 18.2 Å². The van der Waals surface area contributed by atoms with E-state index in [-0.39, 0.29) is 16.8 Å². The maximum atomic E-state index is 13.5. The van der Waals surface area contributed by atoms with Gasteiger partial charge in [-0.2, -0.15) is 5.26 Å². The van der Waals surface area contributed by atoms with Crippen LogP contribution < -0.4 is 5.32 Å². The Balaban J connectivity index is 2.33. The summed E-state index contributed by atoms with van der Waals surface area (Å²) in [6.45, 7) is 0. The SMILES string of the molecule is N#Cc1ccc(Cl)cc1NC(=O)c1ccc(F)cc1F. The Bertz CT molecular complexity index is 726. The summed E-state index contributed by atoms with van der Waals surface area (Å²) in [7, 11) is 0. The van der Waals surface area contributed by atoms with Crippen molar-refractivity contribution >= 4 is 23.2 Å². The predicted octanol–water partition coefficient (Wildman–Crippen LogP) is 3.74. The molecule has 0 saturated carbocycles. The van der Waals surface area contributed by atoms with Crippen molar-refractivity contribution in [2.24, 2.45) is 0 Å². The normalized spacial score (nSPS) is 9.90. The molecule has 0 aliphatic heterocycles. The minimum Gasteiger partial charge on any atom is -0.321 e. The zero-order valence-corrected chi connectivity index (χ0v) is 10.7. The molecular weight excluding hydrogens is 286 g/mol. The number of nitrogens with one attached hydrogen (secondary N) is 1. The van der Waals surface area contributed by atoms with Crippen molar-refractivity contribution in [3.8, 4) is 6.07 Å². The maximum absolute atomic E-state index is 13.5. The van der Waals surface area contributed by atoms with Gasteiger partial charge in [-0.15, -0.1) is 0 Å². The molecule has 2 aromatic carbocycles. The van der Waals surface area contributed by atoms with Gasteiger partial charge in [0.1, 0.15) is 17.7 Å². The number of hydrogen-bond donors (Lipinski definition) is 1. The van der Waals surface area contributed by atoms with Crippen LogP contribution in [0, 0.1) is 23.0 Å². The van der Waals surface area contributed by atoms with Gasteiger partial charge in [0.15, 0.2) is 0 Å². The first-order valence-electron chi connectivity index (χ1n) is 5.47. The van der Waals surface area contributed by atoms with Crippen LogP contribution in [0.2, 0.25) is 5.02 Å². The highest BCUT2D eigenvalue weighted by Crippen LogP contribution is 2.21. The molecule has 0 aromatic heterocycles. The van der Waals surface area contributed by atoms with Crippen molar-refractivity contribution in [1.29, 1.82) is 5.26 Å². The topological polar surface area (TPSA) is 52.9 Å². The minimum atomic E-state index is -0.983.